The van der Waals surface area contributed by atoms with Gasteiger partial charge in [-0.05, 0) is 66.5 Å². The Morgan fingerprint density at radius 2 is 1.81 bits per heavy atom. The molecule has 1 amide bonds. The molecule has 1 aliphatic heterocycles. The van der Waals surface area contributed by atoms with E-state index in [1.807, 2.05) is 49.5 Å². The standard InChI is InChI=1S/C24H24Cl2N2O2S/c1-27-21(23(29)28(24(27)31)19-5-3-2-4-6-19)14-17-9-12-22(20(26)13-17)30-15-16-7-10-18(25)11-8-16/h7-14,19H,2-6,15H2,1H3/b21-14-. The molecule has 1 saturated heterocycles. The first kappa shape index (κ1) is 22.1. The molecule has 0 atom stereocenters. The molecule has 2 aromatic rings. The van der Waals surface area contributed by atoms with E-state index in [0.717, 1.165) is 36.8 Å². The first-order chi connectivity index (χ1) is 14.9. The fourth-order valence-electron chi connectivity index (χ4n) is 4.06. The largest absolute Gasteiger partial charge is 0.487 e. The molecule has 1 aliphatic carbocycles. The number of nitrogens with zero attached hydrogens (tertiary/aromatic N) is 2. The Morgan fingerprint density at radius 3 is 2.48 bits per heavy atom. The molecular formula is C24H24Cl2N2O2S. The average Bonchev–Trinajstić information content (AvgIpc) is 2.98. The molecule has 162 valence electrons. The highest BCUT2D eigenvalue weighted by molar-refractivity contribution is 7.80. The number of thiocarbonyl (C=S) groups is 1. The highest BCUT2D eigenvalue weighted by Crippen LogP contribution is 2.32. The number of halogens is 2. The lowest BCUT2D eigenvalue weighted by Crippen LogP contribution is -2.41. The lowest BCUT2D eigenvalue weighted by Gasteiger charge is -2.30. The van der Waals surface area contributed by atoms with Gasteiger partial charge in [0.25, 0.3) is 5.91 Å². The predicted octanol–water partition coefficient (Wildman–Crippen LogP) is 6.30. The van der Waals surface area contributed by atoms with Crippen LogP contribution in [-0.2, 0) is 11.4 Å². The summed E-state index contributed by atoms with van der Waals surface area (Å²) < 4.78 is 5.84. The number of rotatable bonds is 5. The summed E-state index contributed by atoms with van der Waals surface area (Å²) in [5.74, 6) is 0.558. The van der Waals surface area contributed by atoms with Gasteiger partial charge in [-0.3, -0.25) is 9.69 Å². The van der Waals surface area contributed by atoms with E-state index in [0.29, 0.717) is 33.2 Å². The molecule has 31 heavy (non-hydrogen) atoms. The van der Waals surface area contributed by atoms with Crippen LogP contribution in [0.1, 0.15) is 43.2 Å². The van der Waals surface area contributed by atoms with E-state index in [4.69, 9.17) is 40.2 Å². The lowest BCUT2D eigenvalue weighted by atomic mass is 9.94. The quantitative estimate of drug-likeness (QED) is 0.375. The second kappa shape index (κ2) is 9.60. The predicted molar refractivity (Wildman–Crippen MR) is 129 cm³/mol. The number of hydrogen-bond acceptors (Lipinski definition) is 3. The molecule has 2 fully saturated rings. The van der Waals surface area contributed by atoms with Crippen molar-refractivity contribution in [1.29, 1.82) is 0 Å². The van der Waals surface area contributed by atoms with Crippen LogP contribution in [0.25, 0.3) is 6.08 Å². The van der Waals surface area contributed by atoms with Crippen molar-refractivity contribution in [3.8, 4) is 5.75 Å². The fraction of sp³-hybridized carbons (Fsp3) is 0.333. The van der Waals surface area contributed by atoms with Crippen LogP contribution in [0.5, 0.6) is 5.75 Å². The summed E-state index contributed by atoms with van der Waals surface area (Å²) in [6, 6.07) is 13.2. The van der Waals surface area contributed by atoms with Crippen LogP contribution < -0.4 is 4.74 Å². The monoisotopic (exact) mass is 474 g/mol. The van der Waals surface area contributed by atoms with Crippen molar-refractivity contribution in [3.63, 3.8) is 0 Å². The Labute approximate surface area is 198 Å². The second-order valence-electron chi connectivity index (χ2n) is 7.94. The molecule has 0 radical (unpaired) electrons. The van der Waals surface area contributed by atoms with Gasteiger partial charge in [-0.15, -0.1) is 0 Å². The van der Waals surface area contributed by atoms with E-state index in [1.54, 1.807) is 15.9 Å². The molecular weight excluding hydrogens is 451 g/mol. The van der Waals surface area contributed by atoms with Gasteiger partial charge in [-0.2, -0.15) is 0 Å². The normalized spacial score (nSPS) is 18.9. The van der Waals surface area contributed by atoms with E-state index in [1.165, 1.54) is 6.42 Å². The van der Waals surface area contributed by atoms with Crippen LogP contribution in [0.4, 0.5) is 0 Å². The molecule has 2 aromatic carbocycles. The number of amides is 1. The van der Waals surface area contributed by atoms with Crippen LogP contribution >= 0.6 is 35.4 Å². The lowest BCUT2D eigenvalue weighted by molar-refractivity contribution is -0.124. The zero-order chi connectivity index (χ0) is 22.0. The van der Waals surface area contributed by atoms with Gasteiger partial charge in [-0.25, -0.2) is 0 Å². The minimum absolute atomic E-state index is 0.0291. The first-order valence-electron chi connectivity index (χ1n) is 10.4. The molecule has 1 heterocycles. The summed E-state index contributed by atoms with van der Waals surface area (Å²) in [5.41, 5.74) is 2.40. The molecule has 0 bridgehead atoms. The average molecular weight is 475 g/mol. The van der Waals surface area contributed by atoms with Crippen molar-refractivity contribution < 1.29 is 9.53 Å². The third-order valence-electron chi connectivity index (χ3n) is 5.80. The first-order valence-corrected chi connectivity index (χ1v) is 11.6. The molecule has 0 spiro atoms. The van der Waals surface area contributed by atoms with Crippen molar-refractivity contribution in [2.24, 2.45) is 0 Å². The SMILES string of the molecule is CN1C(=S)N(C2CCCCC2)C(=O)/C1=C/c1ccc(OCc2ccc(Cl)cc2)c(Cl)c1. The number of benzene rings is 2. The van der Waals surface area contributed by atoms with Crippen molar-refractivity contribution in [2.45, 2.75) is 44.8 Å². The molecule has 4 nitrogen and oxygen atoms in total. The third-order valence-corrected chi connectivity index (χ3v) is 6.82. The van der Waals surface area contributed by atoms with Gasteiger partial charge >= 0.3 is 0 Å². The Hall–Kier alpha value is -2.08. The topological polar surface area (TPSA) is 32.8 Å². The fourth-order valence-corrected chi connectivity index (χ4v) is 4.76. The maximum atomic E-state index is 13.1. The Bertz CT molecular complexity index is 1020. The van der Waals surface area contributed by atoms with Gasteiger partial charge in [0.1, 0.15) is 18.1 Å². The summed E-state index contributed by atoms with van der Waals surface area (Å²) in [6.45, 7) is 0.392. The highest BCUT2D eigenvalue weighted by atomic mass is 35.5. The van der Waals surface area contributed by atoms with E-state index in [9.17, 15) is 4.79 Å². The maximum absolute atomic E-state index is 13.1. The number of likely N-dealkylation sites (N-methyl/N-ethyl adjacent to an activating group) is 1. The number of ether oxygens (including phenoxy) is 1. The van der Waals surface area contributed by atoms with Crippen molar-refractivity contribution in [2.75, 3.05) is 7.05 Å². The minimum atomic E-state index is -0.0291. The van der Waals surface area contributed by atoms with Crippen LogP contribution in [0.3, 0.4) is 0 Å². The molecule has 0 aromatic heterocycles. The smallest absolute Gasteiger partial charge is 0.277 e. The second-order valence-corrected chi connectivity index (χ2v) is 9.15. The van der Waals surface area contributed by atoms with E-state index in [-0.39, 0.29) is 11.9 Å². The van der Waals surface area contributed by atoms with Gasteiger partial charge in [0, 0.05) is 18.1 Å². The van der Waals surface area contributed by atoms with Crippen molar-refractivity contribution >= 4 is 52.5 Å². The van der Waals surface area contributed by atoms with Gasteiger partial charge in [0.2, 0.25) is 0 Å². The van der Waals surface area contributed by atoms with Crippen LogP contribution in [0.15, 0.2) is 48.2 Å². The molecule has 0 N–H and O–H groups in total. The minimum Gasteiger partial charge on any atom is -0.487 e. The van der Waals surface area contributed by atoms with Crippen LogP contribution in [-0.4, -0.2) is 33.9 Å². The third kappa shape index (κ3) is 4.89. The number of carbonyl (C=O) groups is 1. The summed E-state index contributed by atoms with van der Waals surface area (Å²) in [7, 11) is 1.85. The summed E-state index contributed by atoms with van der Waals surface area (Å²) in [4.78, 5) is 16.7. The molecule has 2 aliphatic rings. The Morgan fingerprint density at radius 1 is 1.10 bits per heavy atom. The van der Waals surface area contributed by atoms with E-state index >= 15 is 0 Å². The highest BCUT2D eigenvalue weighted by Gasteiger charge is 2.40. The molecule has 4 rings (SSSR count). The molecule has 0 unspecified atom stereocenters. The van der Waals surface area contributed by atoms with Gasteiger partial charge in [0.05, 0.1) is 5.02 Å². The summed E-state index contributed by atoms with van der Waals surface area (Å²) in [5, 5.41) is 1.76. The Balaban J connectivity index is 1.49. The van der Waals surface area contributed by atoms with Gasteiger partial charge in [0.15, 0.2) is 5.11 Å². The van der Waals surface area contributed by atoms with Gasteiger partial charge < -0.3 is 9.64 Å². The van der Waals surface area contributed by atoms with Crippen LogP contribution in [0.2, 0.25) is 10.0 Å². The maximum Gasteiger partial charge on any atom is 0.277 e. The zero-order valence-corrected chi connectivity index (χ0v) is 19.6. The van der Waals surface area contributed by atoms with Crippen molar-refractivity contribution in [1.82, 2.24) is 9.80 Å². The zero-order valence-electron chi connectivity index (χ0n) is 17.3. The molecule has 7 heteroatoms. The van der Waals surface area contributed by atoms with Gasteiger partial charge in [-0.1, -0.05) is 60.7 Å². The number of hydrogen-bond donors (Lipinski definition) is 0. The van der Waals surface area contributed by atoms with E-state index in [2.05, 4.69) is 0 Å². The number of carbonyl (C=O) groups excluding carboxylic acids is 1. The van der Waals surface area contributed by atoms with E-state index < -0.39 is 0 Å². The van der Waals surface area contributed by atoms with Crippen molar-refractivity contribution in [3.05, 3.63) is 69.3 Å². The summed E-state index contributed by atoms with van der Waals surface area (Å²) in [6.07, 6.45) is 7.39. The Kier molecular flexibility index (Phi) is 6.85. The van der Waals surface area contributed by atoms with Crippen LogP contribution in [0, 0.1) is 0 Å². The molecule has 1 saturated carbocycles. The summed E-state index contributed by atoms with van der Waals surface area (Å²) >= 11 is 18.0.